The highest BCUT2D eigenvalue weighted by molar-refractivity contribution is 5.80. The number of phenols is 1. The normalized spacial score (nSPS) is 23.0. The minimum atomic E-state index is -0.179. The molecule has 0 saturated carbocycles. The molecule has 3 unspecified atom stereocenters. The summed E-state index contributed by atoms with van der Waals surface area (Å²) in [5, 5.41) is 13.2. The van der Waals surface area contributed by atoms with E-state index in [1.54, 1.807) is 24.1 Å². The van der Waals surface area contributed by atoms with Gasteiger partial charge in [0.1, 0.15) is 5.75 Å². The summed E-state index contributed by atoms with van der Waals surface area (Å²) < 4.78 is 5.44. The number of aromatic hydroxyl groups is 1. The molecule has 116 valence electrons. The maximum Gasteiger partial charge on any atom is 0.229 e. The Morgan fingerprint density at radius 3 is 2.86 bits per heavy atom. The molecule has 1 aliphatic heterocycles. The fraction of sp³-hybridized carbons (Fsp3) is 0.562. The summed E-state index contributed by atoms with van der Waals surface area (Å²) in [7, 11) is 1.78. The third kappa shape index (κ3) is 3.36. The Balaban J connectivity index is 2.10. The van der Waals surface area contributed by atoms with E-state index in [0.717, 1.165) is 12.1 Å². The van der Waals surface area contributed by atoms with Gasteiger partial charge in [0.25, 0.3) is 0 Å². The number of carbonyl (C=O) groups excluding carboxylic acids is 1. The molecule has 0 aromatic heterocycles. The van der Waals surface area contributed by atoms with Gasteiger partial charge in [-0.3, -0.25) is 4.79 Å². The molecular formula is C16H24N2O3. The van der Waals surface area contributed by atoms with E-state index in [4.69, 9.17) is 4.74 Å². The highest BCUT2D eigenvalue weighted by Gasteiger charge is 2.36. The number of para-hydroxylation sites is 1. The van der Waals surface area contributed by atoms with E-state index in [1.165, 1.54) is 0 Å². The van der Waals surface area contributed by atoms with Gasteiger partial charge in [-0.1, -0.05) is 25.1 Å². The van der Waals surface area contributed by atoms with Crippen molar-refractivity contribution in [1.29, 1.82) is 0 Å². The van der Waals surface area contributed by atoms with Crippen LogP contribution in [0.25, 0.3) is 0 Å². The summed E-state index contributed by atoms with van der Waals surface area (Å²) in [5.41, 5.74) is 0.757. The molecule has 1 aliphatic rings. The van der Waals surface area contributed by atoms with Crippen molar-refractivity contribution in [3.8, 4) is 5.75 Å². The highest BCUT2D eigenvalue weighted by Crippen LogP contribution is 2.29. The number of nitrogens with zero attached hydrogens (tertiary/aromatic N) is 1. The average molecular weight is 292 g/mol. The van der Waals surface area contributed by atoms with Gasteiger partial charge >= 0.3 is 0 Å². The number of phenolic OH excluding ortho intramolecular Hbond substituents is 1. The van der Waals surface area contributed by atoms with Crippen LogP contribution in [0.3, 0.4) is 0 Å². The summed E-state index contributed by atoms with van der Waals surface area (Å²) in [5.74, 6) is 0.105. The molecule has 3 atom stereocenters. The van der Waals surface area contributed by atoms with Crippen LogP contribution in [-0.2, 0) is 9.53 Å². The number of ether oxygens (including phenoxy) is 1. The first-order chi connectivity index (χ1) is 10.1. The molecule has 0 bridgehead atoms. The molecule has 2 rings (SSSR count). The predicted octanol–water partition coefficient (Wildman–Crippen LogP) is 1.54. The first-order valence-electron chi connectivity index (χ1n) is 7.42. The van der Waals surface area contributed by atoms with Gasteiger partial charge in [-0.2, -0.15) is 0 Å². The van der Waals surface area contributed by atoms with E-state index in [2.05, 4.69) is 5.32 Å². The quantitative estimate of drug-likeness (QED) is 0.864. The zero-order chi connectivity index (χ0) is 15.4. The Labute approximate surface area is 125 Å². The lowest BCUT2D eigenvalue weighted by molar-refractivity contribution is -0.136. The van der Waals surface area contributed by atoms with Crippen molar-refractivity contribution in [1.82, 2.24) is 10.2 Å². The standard InChI is InChI=1S/C16H24N2O3/c1-4-17-14-10-21-9-13(14)16(20)18(3)11(2)12-7-5-6-8-15(12)19/h5-8,11,13-14,17,19H,4,9-10H2,1-3H3. The van der Waals surface area contributed by atoms with Crippen LogP contribution in [0.2, 0.25) is 0 Å². The number of benzene rings is 1. The van der Waals surface area contributed by atoms with Crippen LogP contribution < -0.4 is 5.32 Å². The van der Waals surface area contributed by atoms with E-state index in [9.17, 15) is 9.90 Å². The molecule has 0 spiro atoms. The third-order valence-electron chi connectivity index (χ3n) is 4.18. The molecular weight excluding hydrogens is 268 g/mol. The van der Waals surface area contributed by atoms with Crippen molar-refractivity contribution < 1.29 is 14.6 Å². The molecule has 1 aromatic rings. The van der Waals surface area contributed by atoms with Crippen LogP contribution in [0.1, 0.15) is 25.5 Å². The van der Waals surface area contributed by atoms with Gasteiger partial charge < -0.3 is 20.1 Å². The van der Waals surface area contributed by atoms with Gasteiger partial charge in [0.15, 0.2) is 0 Å². The van der Waals surface area contributed by atoms with Gasteiger partial charge in [-0.05, 0) is 19.5 Å². The third-order valence-corrected chi connectivity index (χ3v) is 4.18. The monoisotopic (exact) mass is 292 g/mol. The smallest absolute Gasteiger partial charge is 0.229 e. The van der Waals surface area contributed by atoms with Crippen molar-refractivity contribution in [3.05, 3.63) is 29.8 Å². The summed E-state index contributed by atoms with van der Waals surface area (Å²) in [4.78, 5) is 14.4. The molecule has 21 heavy (non-hydrogen) atoms. The van der Waals surface area contributed by atoms with Crippen molar-refractivity contribution in [2.24, 2.45) is 5.92 Å². The zero-order valence-electron chi connectivity index (χ0n) is 12.9. The molecule has 1 saturated heterocycles. The minimum absolute atomic E-state index is 0.0502. The lowest BCUT2D eigenvalue weighted by Crippen LogP contribution is -2.45. The highest BCUT2D eigenvalue weighted by atomic mass is 16.5. The summed E-state index contributed by atoms with van der Waals surface area (Å²) in [6.07, 6.45) is 0. The second-order valence-corrected chi connectivity index (χ2v) is 5.49. The number of rotatable bonds is 5. The van der Waals surface area contributed by atoms with Crippen molar-refractivity contribution in [2.45, 2.75) is 25.9 Å². The maximum absolute atomic E-state index is 12.7. The van der Waals surface area contributed by atoms with Gasteiger partial charge in [-0.25, -0.2) is 0 Å². The fourth-order valence-electron chi connectivity index (χ4n) is 2.76. The van der Waals surface area contributed by atoms with Gasteiger partial charge in [0.05, 0.1) is 25.2 Å². The molecule has 1 aromatic carbocycles. The Bertz CT molecular complexity index is 492. The average Bonchev–Trinajstić information content (AvgIpc) is 2.94. The van der Waals surface area contributed by atoms with Crippen LogP contribution in [0.15, 0.2) is 24.3 Å². The Kier molecular flexibility index (Phi) is 5.20. The van der Waals surface area contributed by atoms with E-state index in [1.807, 2.05) is 26.0 Å². The second-order valence-electron chi connectivity index (χ2n) is 5.49. The van der Waals surface area contributed by atoms with Gasteiger partial charge in [0.2, 0.25) is 5.91 Å². The first-order valence-corrected chi connectivity index (χ1v) is 7.42. The molecule has 2 N–H and O–H groups in total. The molecule has 0 aliphatic carbocycles. The number of nitrogens with one attached hydrogen (secondary N) is 1. The molecule has 1 amide bonds. The van der Waals surface area contributed by atoms with Crippen LogP contribution in [-0.4, -0.2) is 48.8 Å². The molecule has 5 nitrogen and oxygen atoms in total. The summed E-state index contributed by atoms with van der Waals surface area (Å²) in [6, 6.07) is 7.02. The van der Waals surface area contributed by atoms with Crippen molar-refractivity contribution in [3.63, 3.8) is 0 Å². The number of hydrogen-bond donors (Lipinski definition) is 2. The molecule has 0 radical (unpaired) electrons. The lowest BCUT2D eigenvalue weighted by atomic mass is 9.99. The second kappa shape index (κ2) is 6.91. The zero-order valence-corrected chi connectivity index (χ0v) is 12.9. The number of hydrogen-bond acceptors (Lipinski definition) is 4. The van der Waals surface area contributed by atoms with Crippen LogP contribution in [0.5, 0.6) is 5.75 Å². The predicted molar refractivity (Wildman–Crippen MR) is 81.1 cm³/mol. The van der Waals surface area contributed by atoms with Crippen molar-refractivity contribution >= 4 is 5.91 Å². The number of amides is 1. The summed E-state index contributed by atoms with van der Waals surface area (Å²) in [6.45, 7) is 5.78. The topological polar surface area (TPSA) is 61.8 Å². The Morgan fingerprint density at radius 1 is 1.48 bits per heavy atom. The first kappa shape index (κ1) is 15.8. The maximum atomic E-state index is 12.7. The Hall–Kier alpha value is -1.59. The van der Waals surface area contributed by atoms with Crippen molar-refractivity contribution in [2.75, 3.05) is 26.8 Å². The van der Waals surface area contributed by atoms with E-state index in [-0.39, 0.29) is 29.7 Å². The number of likely N-dealkylation sites (N-methyl/N-ethyl adjacent to an activating group) is 1. The molecule has 1 fully saturated rings. The molecule has 1 heterocycles. The summed E-state index contributed by atoms with van der Waals surface area (Å²) >= 11 is 0. The largest absolute Gasteiger partial charge is 0.508 e. The Morgan fingerprint density at radius 2 is 2.19 bits per heavy atom. The van der Waals surface area contributed by atoms with E-state index < -0.39 is 0 Å². The van der Waals surface area contributed by atoms with E-state index in [0.29, 0.717) is 13.2 Å². The van der Waals surface area contributed by atoms with Crippen LogP contribution >= 0.6 is 0 Å². The number of carbonyl (C=O) groups is 1. The molecule has 5 heteroatoms. The fourth-order valence-corrected chi connectivity index (χ4v) is 2.76. The van der Waals surface area contributed by atoms with Crippen LogP contribution in [0.4, 0.5) is 0 Å². The van der Waals surface area contributed by atoms with E-state index >= 15 is 0 Å². The lowest BCUT2D eigenvalue weighted by Gasteiger charge is -2.30. The SMILES string of the molecule is CCNC1COCC1C(=O)N(C)C(C)c1ccccc1O. The van der Waals surface area contributed by atoms with Gasteiger partial charge in [-0.15, -0.1) is 0 Å². The van der Waals surface area contributed by atoms with Gasteiger partial charge in [0, 0.05) is 18.7 Å². The minimum Gasteiger partial charge on any atom is -0.508 e. The van der Waals surface area contributed by atoms with Crippen LogP contribution in [0, 0.1) is 5.92 Å².